The number of carboxylic acids is 1. The largest absolute Gasteiger partial charge is 0.480 e. The Morgan fingerprint density at radius 3 is 2.80 bits per heavy atom. The summed E-state index contributed by atoms with van der Waals surface area (Å²) in [4.78, 5) is 22.7. The van der Waals surface area contributed by atoms with Gasteiger partial charge in [0.15, 0.2) is 0 Å². The van der Waals surface area contributed by atoms with Crippen LogP contribution in [0, 0.1) is 0 Å². The predicted molar refractivity (Wildman–Crippen MR) is 79.9 cm³/mol. The van der Waals surface area contributed by atoms with Crippen molar-refractivity contribution in [2.75, 3.05) is 19.8 Å². The molecule has 0 aliphatic carbocycles. The van der Waals surface area contributed by atoms with E-state index in [2.05, 4.69) is 5.32 Å². The lowest BCUT2D eigenvalue weighted by Gasteiger charge is -2.31. The van der Waals surface area contributed by atoms with Gasteiger partial charge in [0.1, 0.15) is 6.61 Å². The zero-order valence-corrected chi connectivity index (χ0v) is 13.2. The van der Waals surface area contributed by atoms with Crippen LogP contribution in [-0.2, 0) is 31.7 Å². The van der Waals surface area contributed by atoms with Crippen molar-refractivity contribution >= 4 is 11.9 Å². The fourth-order valence-electron chi connectivity index (χ4n) is 2.53. The first-order valence-electron chi connectivity index (χ1n) is 7.62. The summed E-state index contributed by atoms with van der Waals surface area (Å²) in [6.45, 7) is 0.0353. The summed E-state index contributed by atoms with van der Waals surface area (Å²) in [5.41, 5.74) is -0.589. The molecule has 1 amide bonds. The van der Waals surface area contributed by atoms with Crippen molar-refractivity contribution in [1.82, 2.24) is 5.32 Å². The normalized spacial score (nSPS) is 20.9. The number of benzene rings is 1. The molecule has 138 valence electrons. The first-order chi connectivity index (χ1) is 11.8. The average molecular weight is 361 g/mol. The van der Waals surface area contributed by atoms with Gasteiger partial charge in [-0.2, -0.15) is 13.2 Å². The molecule has 2 rings (SSSR count). The van der Waals surface area contributed by atoms with Gasteiger partial charge in [0.25, 0.3) is 0 Å². The number of nitrogens with one attached hydrogen (secondary N) is 1. The highest BCUT2D eigenvalue weighted by atomic mass is 19.4. The Hall–Kier alpha value is -2.13. The number of carbonyl (C=O) groups excluding carboxylic acids is 1. The van der Waals surface area contributed by atoms with E-state index in [1.165, 1.54) is 12.1 Å². The molecule has 1 saturated heterocycles. The second kappa shape index (κ2) is 8.30. The molecule has 0 aromatic heterocycles. The topological polar surface area (TPSA) is 84.9 Å². The van der Waals surface area contributed by atoms with Crippen molar-refractivity contribution in [2.45, 2.75) is 31.2 Å². The van der Waals surface area contributed by atoms with Crippen LogP contribution in [0.5, 0.6) is 0 Å². The number of halogens is 3. The van der Waals surface area contributed by atoms with Gasteiger partial charge in [-0.1, -0.05) is 18.2 Å². The van der Waals surface area contributed by atoms with Crippen LogP contribution in [0.3, 0.4) is 0 Å². The highest BCUT2D eigenvalue weighted by Crippen LogP contribution is 2.29. The van der Waals surface area contributed by atoms with Crippen molar-refractivity contribution in [3.8, 4) is 0 Å². The lowest BCUT2D eigenvalue weighted by molar-refractivity contribution is -0.148. The van der Waals surface area contributed by atoms with Crippen LogP contribution in [0.2, 0.25) is 0 Å². The minimum atomic E-state index is -4.47. The Morgan fingerprint density at radius 2 is 2.12 bits per heavy atom. The number of rotatable bonds is 6. The number of carbonyl (C=O) groups is 2. The van der Waals surface area contributed by atoms with E-state index in [9.17, 15) is 22.8 Å². The maximum atomic E-state index is 12.7. The van der Waals surface area contributed by atoms with Crippen LogP contribution in [-0.4, -0.2) is 48.9 Å². The van der Waals surface area contributed by atoms with Gasteiger partial charge in [-0.25, -0.2) is 4.79 Å². The van der Waals surface area contributed by atoms with E-state index < -0.39 is 42.4 Å². The lowest BCUT2D eigenvalue weighted by Crippen LogP contribution is -2.51. The van der Waals surface area contributed by atoms with E-state index in [0.29, 0.717) is 13.0 Å². The van der Waals surface area contributed by atoms with E-state index in [4.69, 9.17) is 14.6 Å². The third kappa shape index (κ3) is 6.02. The van der Waals surface area contributed by atoms with Crippen LogP contribution in [0.4, 0.5) is 13.2 Å². The van der Waals surface area contributed by atoms with Crippen molar-refractivity contribution in [3.63, 3.8) is 0 Å². The zero-order chi connectivity index (χ0) is 18.4. The van der Waals surface area contributed by atoms with Gasteiger partial charge in [-0.3, -0.25) is 4.79 Å². The molecule has 0 spiro atoms. The molecule has 0 unspecified atom stereocenters. The summed E-state index contributed by atoms with van der Waals surface area (Å²) in [7, 11) is 0. The first-order valence-corrected chi connectivity index (χ1v) is 7.62. The maximum absolute atomic E-state index is 12.7. The molecule has 0 radical (unpaired) electrons. The second-order valence-electron chi connectivity index (χ2n) is 5.66. The van der Waals surface area contributed by atoms with Gasteiger partial charge in [-0.15, -0.1) is 0 Å². The highest BCUT2D eigenvalue weighted by Gasteiger charge is 2.31. The number of hydrogen-bond donors (Lipinski definition) is 2. The van der Waals surface area contributed by atoms with Gasteiger partial charge in [0.05, 0.1) is 30.7 Å². The Kier molecular flexibility index (Phi) is 6.38. The molecular weight excluding hydrogens is 343 g/mol. The molecule has 1 fully saturated rings. The van der Waals surface area contributed by atoms with Crippen molar-refractivity contribution < 1.29 is 37.3 Å². The van der Waals surface area contributed by atoms with E-state index >= 15 is 0 Å². The predicted octanol–water partition coefficient (Wildman–Crippen LogP) is 1.62. The quantitative estimate of drug-likeness (QED) is 0.804. The van der Waals surface area contributed by atoms with Gasteiger partial charge in [0, 0.05) is 6.61 Å². The fraction of sp³-hybridized carbons (Fsp3) is 0.500. The second-order valence-corrected chi connectivity index (χ2v) is 5.66. The van der Waals surface area contributed by atoms with Crippen LogP contribution in [0.1, 0.15) is 17.5 Å². The summed E-state index contributed by atoms with van der Waals surface area (Å²) >= 11 is 0. The maximum Gasteiger partial charge on any atom is 0.416 e. The van der Waals surface area contributed by atoms with Gasteiger partial charge in [0.2, 0.25) is 5.91 Å². The van der Waals surface area contributed by atoms with Crippen molar-refractivity contribution in [1.29, 1.82) is 0 Å². The number of carboxylic acid groups (broad SMARTS) is 1. The summed E-state index contributed by atoms with van der Waals surface area (Å²) in [6.07, 6.45) is -4.80. The van der Waals surface area contributed by atoms with Gasteiger partial charge in [-0.05, 0) is 18.1 Å². The molecule has 1 aliphatic rings. The smallest absolute Gasteiger partial charge is 0.416 e. The number of aliphatic carboxylic acids is 1. The first kappa shape index (κ1) is 19.2. The molecule has 2 N–H and O–H groups in total. The van der Waals surface area contributed by atoms with Crippen LogP contribution >= 0.6 is 0 Å². The minimum absolute atomic E-state index is 0.151. The molecule has 1 heterocycles. The molecule has 0 saturated carbocycles. The van der Waals surface area contributed by atoms with Gasteiger partial charge >= 0.3 is 12.1 Å². The zero-order valence-electron chi connectivity index (χ0n) is 13.2. The number of alkyl halides is 3. The summed E-state index contributed by atoms with van der Waals surface area (Å²) in [5, 5.41) is 11.3. The highest BCUT2D eigenvalue weighted by molar-refractivity contribution is 5.79. The molecule has 1 aromatic rings. The number of hydrogen-bond acceptors (Lipinski definition) is 4. The Labute approximate surface area is 141 Å². The molecule has 9 heteroatoms. The average Bonchev–Trinajstić information content (AvgIpc) is 2.53. The monoisotopic (exact) mass is 361 g/mol. The van der Waals surface area contributed by atoms with Gasteiger partial charge < -0.3 is 19.9 Å². The number of amides is 1. The Bertz CT molecular complexity index is 620. The number of ether oxygens (including phenoxy) is 2. The third-order valence-corrected chi connectivity index (χ3v) is 3.68. The van der Waals surface area contributed by atoms with Crippen LogP contribution in [0.25, 0.3) is 0 Å². The third-order valence-electron chi connectivity index (χ3n) is 3.68. The van der Waals surface area contributed by atoms with E-state index in [-0.39, 0.29) is 18.6 Å². The summed E-state index contributed by atoms with van der Waals surface area (Å²) < 4.78 is 48.6. The fourth-order valence-corrected chi connectivity index (χ4v) is 2.53. The van der Waals surface area contributed by atoms with E-state index in [1.54, 1.807) is 0 Å². The van der Waals surface area contributed by atoms with Crippen molar-refractivity contribution in [2.24, 2.45) is 0 Å². The standard InChI is InChI=1S/C16H18F3NO5/c17-16(18,19)11-3-1-2-10(6-11)7-14(21)20-12-8-24-5-4-13(12)25-9-15(22)23/h1-3,6,12-13H,4-5,7-9H2,(H,20,21)(H,22,23)/t12-,13+/m0/s1. The van der Waals surface area contributed by atoms with Crippen LogP contribution in [0.15, 0.2) is 24.3 Å². The Morgan fingerprint density at radius 1 is 1.36 bits per heavy atom. The molecular formula is C16H18F3NO5. The summed E-state index contributed by atoms with van der Waals surface area (Å²) in [5.74, 6) is -1.61. The molecule has 1 aliphatic heterocycles. The van der Waals surface area contributed by atoms with E-state index in [0.717, 1.165) is 12.1 Å². The molecule has 1 aromatic carbocycles. The Balaban J connectivity index is 1.95. The van der Waals surface area contributed by atoms with Crippen LogP contribution < -0.4 is 5.32 Å². The SMILES string of the molecule is O=C(O)CO[C@@H]1CCOC[C@@H]1NC(=O)Cc1cccc(C(F)(F)F)c1. The minimum Gasteiger partial charge on any atom is -0.480 e. The van der Waals surface area contributed by atoms with E-state index in [1.807, 2.05) is 0 Å². The molecule has 6 nitrogen and oxygen atoms in total. The van der Waals surface area contributed by atoms with Crippen molar-refractivity contribution in [3.05, 3.63) is 35.4 Å². The molecule has 0 bridgehead atoms. The molecule has 25 heavy (non-hydrogen) atoms. The summed E-state index contributed by atoms with van der Waals surface area (Å²) in [6, 6.07) is 3.99. The lowest BCUT2D eigenvalue weighted by atomic mass is 10.0. The molecule has 2 atom stereocenters.